The lowest BCUT2D eigenvalue weighted by atomic mass is 9.75. The van der Waals surface area contributed by atoms with Gasteiger partial charge in [-0.1, -0.05) is 26.0 Å². The van der Waals surface area contributed by atoms with Crippen LogP contribution in [0.15, 0.2) is 12.2 Å². The number of rotatable bonds is 4. The molecule has 0 aromatic heterocycles. The fraction of sp³-hybridized carbons (Fsp3) is 0.769. The minimum atomic E-state index is -0.204. The number of likely N-dealkylation sites (N-methyl/N-ethyl adjacent to an activating group) is 1. The Morgan fingerprint density at radius 1 is 1.56 bits per heavy atom. The summed E-state index contributed by atoms with van der Waals surface area (Å²) in [6, 6.07) is 0. The third kappa shape index (κ3) is 2.46. The van der Waals surface area contributed by atoms with E-state index in [0.29, 0.717) is 12.5 Å². The summed E-state index contributed by atoms with van der Waals surface area (Å²) in [6.07, 6.45) is 0.948. The van der Waals surface area contributed by atoms with Crippen LogP contribution in [0.2, 0.25) is 0 Å². The zero-order chi connectivity index (χ0) is 12.3. The number of carbonyl (C=O) groups excluding carboxylic acids is 1. The van der Waals surface area contributed by atoms with Crippen LogP contribution in [0.25, 0.3) is 0 Å². The Kier molecular flexibility index (Phi) is 4.14. The van der Waals surface area contributed by atoms with Crippen molar-refractivity contribution in [3.63, 3.8) is 0 Å². The van der Waals surface area contributed by atoms with Gasteiger partial charge in [-0.05, 0) is 25.8 Å². The summed E-state index contributed by atoms with van der Waals surface area (Å²) in [4.78, 5) is 14.3. The summed E-state index contributed by atoms with van der Waals surface area (Å²) in [7, 11) is 1.87. The molecule has 3 nitrogen and oxygen atoms in total. The predicted molar refractivity (Wildman–Crippen MR) is 67.2 cm³/mol. The monoisotopic (exact) mass is 224 g/mol. The van der Waals surface area contributed by atoms with Gasteiger partial charge in [0.25, 0.3) is 0 Å². The summed E-state index contributed by atoms with van der Waals surface area (Å²) in [5.74, 6) is 0.637. The van der Waals surface area contributed by atoms with Crippen LogP contribution < -0.4 is 5.32 Å². The van der Waals surface area contributed by atoms with Crippen LogP contribution in [0.4, 0.5) is 0 Å². The van der Waals surface area contributed by atoms with E-state index < -0.39 is 0 Å². The standard InChI is InChI=1S/C13H24N2O/c1-10(2)8-15(5)12(16)13(11(3)4)6-7-14-9-13/h11,14H,1,6-9H2,2-5H3. The first-order valence-corrected chi connectivity index (χ1v) is 6.01. The first kappa shape index (κ1) is 13.2. The van der Waals surface area contributed by atoms with Crippen molar-refractivity contribution >= 4 is 5.91 Å². The van der Waals surface area contributed by atoms with Crippen molar-refractivity contribution in [3.05, 3.63) is 12.2 Å². The topological polar surface area (TPSA) is 32.3 Å². The Morgan fingerprint density at radius 3 is 2.56 bits per heavy atom. The smallest absolute Gasteiger partial charge is 0.230 e. The van der Waals surface area contributed by atoms with E-state index in [0.717, 1.165) is 25.1 Å². The van der Waals surface area contributed by atoms with Gasteiger partial charge in [0.15, 0.2) is 0 Å². The van der Waals surface area contributed by atoms with Crippen molar-refractivity contribution in [3.8, 4) is 0 Å². The molecule has 16 heavy (non-hydrogen) atoms. The zero-order valence-electron chi connectivity index (χ0n) is 11.0. The van der Waals surface area contributed by atoms with E-state index in [9.17, 15) is 4.79 Å². The summed E-state index contributed by atoms with van der Waals surface area (Å²) < 4.78 is 0. The van der Waals surface area contributed by atoms with Crippen LogP contribution in [0.5, 0.6) is 0 Å². The van der Waals surface area contributed by atoms with Crippen LogP contribution in [0, 0.1) is 11.3 Å². The van der Waals surface area contributed by atoms with Gasteiger partial charge in [-0.15, -0.1) is 0 Å². The van der Waals surface area contributed by atoms with Gasteiger partial charge >= 0.3 is 0 Å². The molecule has 1 heterocycles. The first-order valence-electron chi connectivity index (χ1n) is 6.01. The molecule has 1 saturated heterocycles. The Balaban J connectivity index is 2.79. The Labute approximate surface area is 98.9 Å². The van der Waals surface area contributed by atoms with E-state index >= 15 is 0 Å². The molecule has 1 aliphatic rings. The average molecular weight is 224 g/mol. The Morgan fingerprint density at radius 2 is 2.19 bits per heavy atom. The molecule has 0 spiro atoms. The molecule has 1 atom stereocenters. The second-order valence-corrected chi connectivity index (χ2v) is 5.36. The van der Waals surface area contributed by atoms with Crippen molar-refractivity contribution in [2.24, 2.45) is 11.3 Å². The van der Waals surface area contributed by atoms with Gasteiger partial charge < -0.3 is 10.2 Å². The summed E-state index contributed by atoms with van der Waals surface area (Å²) in [6.45, 7) is 12.5. The lowest BCUT2D eigenvalue weighted by molar-refractivity contribution is -0.141. The lowest BCUT2D eigenvalue weighted by Gasteiger charge is -2.35. The molecule has 3 heteroatoms. The lowest BCUT2D eigenvalue weighted by Crippen LogP contribution is -2.47. The molecule has 0 aliphatic carbocycles. The Bertz CT molecular complexity index is 278. The van der Waals surface area contributed by atoms with Crippen molar-refractivity contribution in [2.45, 2.75) is 27.2 Å². The zero-order valence-corrected chi connectivity index (χ0v) is 11.0. The highest BCUT2D eigenvalue weighted by molar-refractivity contribution is 5.83. The molecule has 1 unspecified atom stereocenters. The number of nitrogens with one attached hydrogen (secondary N) is 1. The van der Waals surface area contributed by atoms with Crippen LogP contribution in [-0.2, 0) is 4.79 Å². The molecule has 0 radical (unpaired) electrons. The maximum atomic E-state index is 12.5. The molecule has 1 aliphatic heterocycles. The van der Waals surface area contributed by atoms with E-state index in [4.69, 9.17) is 0 Å². The second kappa shape index (κ2) is 5.00. The van der Waals surface area contributed by atoms with E-state index in [-0.39, 0.29) is 11.3 Å². The predicted octanol–water partition coefficient (Wildman–Crippen LogP) is 1.66. The molecule has 1 rings (SSSR count). The number of carbonyl (C=O) groups is 1. The van der Waals surface area contributed by atoms with Gasteiger partial charge in [0.2, 0.25) is 5.91 Å². The minimum absolute atomic E-state index is 0.204. The highest BCUT2D eigenvalue weighted by Crippen LogP contribution is 2.35. The highest BCUT2D eigenvalue weighted by atomic mass is 16.2. The summed E-state index contributed by atoms with van der Waals surface area (Å²) in [5.41, 5.74) is 0.824. The van der Waals surface area contributed by atoms with Gasteiger partial charge in [-0.3, -0.25) is 4.79 Å². The van der Waals surface area contributed by atoms with Gasteiger partial charge in [-0.2, -0.15) is 0 Å². The quantitative estimate of drug-likeness (QED) is 0.737. The number of nitrogens with zero attached hydrogens (tertiary/aromatic N) is 1. The number of hydrogen-bond donors (Lipinski definition) is 1. The van der Waals surface area contributed by atoms with Crippen molar-refractivity contribution in [1.82, 2.24) is 10.2 Å². The number of hydrogen-bond acceptors (Lipinski definition) is 2. The maximum Gasteiger partial charge on any atom is 0.230 e. The first-order chi connectivity index (χ1) is 7.40. The molecule has 1 amide bonds. The van der Waals surface area contributed by atoms with E-state index in [1.807, 2.05) is 18.9 Å². The summed E-state index contributed by atoms with van der Waals surface area (Å²) in [5, 5.41) is 3.31. The van der Waals surface area contributed by atoms with Crippen LogP contribution in [0.1, 0.15) is 27.2 Å². The van der Waals surface area contributed by atoms with E-state index in [2.05, 4.69) is 25.7 Å². The van der Waals surface area contributed by atoms with E-state index in [1.165, 1.54) is 0 Å². The fourth-order valence-electron chi connectivity index (χ4n) is 2.49. The van der Waals surface area contributed by atoms with Crippen LogP contribution in [0.3, 0.4) is 0 Å². The van der Waals surface area contributed by atoms with Crippen molar-refractivity contribution in [1.29, 1.82) is 0 Å². The average Bonchev–Trinajstić information content (AvgIpc) is 2.65. The third-order valence-corrected chi connectivity index (χ3v) is 3.57. The van der Waals surface area contributed by atoms with Gasteiger partial charge in [0.1, 0.15) is 0 Å². The van der Waals surface area contributed by atoms with Crippen LogP contribution >= 0.6 is 0 Å². The third-order valence-electron chi connectivity index (χ3n) is 3.57. The highest BCUT2D eigenvalue weighted by Gasteiger charge is 2.45. The molecule has 0 saturated carbocycles. The number of amides is 1. The Hall–Kier alpha value is -0.830. The minimum Gasteiger partial charge on any atom is -0.341 e. The molecule has 0 aromatic rings. The van der Waals surface area contributed by atoms with E-state index in [1.54, 1.807) is 0 Å². The van der Waals surface area contributed by atoms with Crippen molar-refractivity contribution < 1.29 is 4.79 Å². The normalized spacial score (nSPS) is 24.8. The van der Waals surface area contributed by atoms with Gasteiger partial charge in [0, 0.05) is 20.1 Å². The molecule has 1 N–H and O–H groups in total. The second-order valence-electron chi connectivity index (χ2n) is 5.36. The van der Waals surface area contributed by atoms with Gasteiger partial charge in [0.05, 0.1) is 5.41 Å². The largest absolute Gasteiger partial charge is 0.341 e. The molecule has 92 valence electrons. The van der Waals surface area contributed by atoms with Crippen molar-refractivity contribution in [2.75, 3.05) is 26.7 Å². The summed E-state index contributed by atoms with van der Waals surface area (Å²) >= 11 is 0. The van der Waals surface area contributed by atoms with Gasteiger partial charge in [-0.25, -0.2) is 0 Å². The maximum absolute atomic E-state index is 12.5. The van der Waals surface area contributed by atoms with Crippen LogP contribution in [-0.4, -0.2) is 37.5 Å². The molecular weight excluding hydrogens is 200 g/mol. The molecular formula is C13H24N2O. The molecule has 1 fully saturated rings. The fourth-order valence-corrected chi connectivity index (χ4v) is 2.49. The molecule has 0 bridgehead atoms. The molecule has 0 aromatic carbocycles. The SMILES string of the molecule is C=C(C)CN(C)C(=O)C1(C(C)C)CCNC1.